The lowest BCUT2D eigenvalue weighted by Crippen LogP contribution is -2.65. The van der Waals surface area contributed by atoms with Gasteiger partial charge in [-0.05, 0) is 131 Å². The Morgan fingerprint density at radius 3 is 2.15 bits per heavy atom. The number of fused-ring (bicyclic) bond motifs is 2. The number of carbonyl (C=O) groups is 11. The monoisotopic (exact) mass is 2060 g/mol. The quantitative estimate of drug-likeness (QED) is 0.0140. The summed E-state index contributed by atoms with van der Waals surface area (Å²) in [4.78, 5) is 157. The van der Waals surface area contributed by atoms with Crippen molar-refractivity contribution >= 4 is 126 Å². The number of benzene rings is 2. The molecule has 9 amide bonds. The molecule has 746 valence electrons. The molecule has 0 saturated carbocycles. The van der Waals surface area contributed by atoms with Crippen LogP contribution in [0.2, 0.25) is 0 Å². The third kappa shape index (κ3) is 29.6. The van der Waals surface area contributed by atoms with E-state index in [9.17, 15) is 78.3 Å². The van der Waals surface area contributed by atoms with E-state index in [-0.39, 0.29) is 152 Å². The summed E-state index contributed by atoms with van der Waals surface area (Å²) in [5, 5.41) is 73.8. The number of rotatable bonds is 42. The summed E-state index contributed by atoms with van der Waals surface area (Å²) in [5.74, 6) is 7.41. The predicted octanol–water partition coefficient (Wildman–Crippen LogP) is 4.75. The normalized spacial score (nSPS) is 27.8. The maximum absolute atomic E-state index is 14.7. The summed E-state index contributed by atoms with van der Waals surface area (Å²) >= 11 is 2.75. The van der Waals surface area contributed by atoms with Crippen molar-refractivity contribution in [2.75, 3.05) is 93.0 Å². The highest BCUT2D eigenvalue weighted by Crippen LogP contribution is 2.50. The Balaban J connectivity index is 0.858. The minimum Gasteiger partial charge on any atom is -0.492 e. The number of anilines is 1. The number of primary amides is 1. The van der Waals surface area contributed by atoms with Crippen molar-refractivity contribution in [3.05, 3.63) is 79.6 Å². The number of ether oxygens (including phenoxy) is 13. The number of hydrogen-bond acceptors (Lipinski definition) is 34. The number of nitrogens with two attached hydrogens (primary N) is 1. The molecule has 40 nitrogen and oxygen atoms in total. The third-order valence-corrected chi connectivity index (χ3v) is 29.4. The molecule has 0 radical (unpaired) electrons. The van der Waals surface area contributed by atoms with Crippen molar-refractivity contribution in [3.8, 4) is 40.9 Å². The fourth-order valence-corrected chi connectivity index (χ4v) is 20.3. The van der Waals surface area contributed by atoms with Gasteiger partial charge in [0.05, 0.1) is 103 Å². The highest BCUT2D eigenvalue weighted by atomic mass is 127. The van der Waals surface area contributed by atoms with E-state index in [2.05, 4.69) is 61.1 Å². The fourth-order valence-electron chi connectivity index (χ4n) is 16.7. The number of aliphatic hydroxyl groups excluding tert-OH is 4. The Hall–Kier alpha value is -8.47. The van der Waals surface area contributed by atoms with Gasteiger partial charge in [-0.3, -0.25) is 48.5 Å². The first-order chi connectivity index (χ1) is 64.3. The summed E-state index contributed by atoms with van der Waals surface area (Å²) in [6.07, 6.45) is -16.2. The van der Waals surface area contributed by atoms with E-state index in [0.717, 1.165) is 18.9 Å². The van der Waals surface area contributed by atoms with Gasteiger partial charge in [-0.1, -0.05) is 103 Å². The minimum absolute atomic E-state index is 0.0127. The molecule has 2 aliphatic carbocycles. The summed E-state index contributed by atoms with van der Waals surface area (Å²) in [5.41, 5.74) is 6.89. The van der Waals surface area contributed by atoms with Crippen LogP contribution in [0.5, 0.6) is 17.2 Å². The number of likely N-dealkylation sites (N-methyl/N-ethyl adjacent to an activating group) is 1. The number of allylic oxidation sites excluding steroid dienone is 3. The van der Waals surface area contributed by atoms with Crippen LogP contribution in [0.15, 0.2) is 59.3 Å². The van der Waals surface area contributed by atoms with Crippen LogP contribution >= 0.6 is 55.9 Å². The van der Waals surface area contributed by atoms with Crippen molar-refractivity contribution in [2.45, 2.75) is 266 Å². The number of ketones is 2. The highest BCUT2D eigenvalue weighted by Gasteiger charge is 2.53. The summed E-state index contributed by atoms with van der Waals surface area (Å²) in [6, 6.07) is 2.48. The molecule has 17 unspecified atom stereocenters. The average molecular weight is 2060 g/mol. The molecule has 5 fully saturated rings. The number of likely N-dealkylation sites (tertiary alicyclic amines) is 1. The van der Waals surface area contributed by atoms with Crippen LogP contribution in [-0.4, -0.2) is 314 Å². The predicted molar refractivity (Wildman–Crippen MR) is 502 cm³/mol. The summed E-state index contributed by atoms with van der Waals surface area (Å²) in [6.45, 7) is 15.7. The second-order valence-corrected chi connectivity index (χ2v) is 39.1. The summed E-state index contributed by atoms with van der Waals surface area (Å²) in [7, 11) is 11.1. The van der Waals surface area contributed by atoms with E-state index in [0.29, 0.717) is 46.3 Å². The number of hydroxylamine groups is 1. The largest absolute Gasteiger partial charge is 0.492 e. The Labute approximate surface area is 810 Å². The molecular weight excluding hydrogens is 1940 g/mol. The number of aliphatic hydroxyl groups is 5. The molecule has 135 heavy (non-hydrogen) atoms. The number of Topliss-reactive ketones (excluding diaryl/α,β-unsaturated/α-hetero) is 2. The van der Waals surface area contributed by atoms with Crippen LogP contribution in [-0.2, 0) is 92.4 Å². The smallest absolute Gasteiger partial charge is 0.411 e. The number of nitrogens with one attached hydrogen (secondary N) is 7. The van der Waals surface area contributed by atoms with Gasteiger partial charge in [0, 0.05) is 119 Å². The van der Waals surface area contributed by atoms with Gasteiger partial charge in [0.2, 0.25) is 46.7 Å². The SMILES string of the molecule is CCN(C(=O)CNC(=O)OCc1ccc(NC(=O)[C@H](CCCNC(N)=O)CC(=O)[C@@H](NC(=O)CCCC(=O)N2CCC(C(=O)NC)CC2)C(C)C)cc1)C1COC(OC2C(O[C@H]3C#C/C=C\C#C[C@]4(O)CC(=O)C(NC(=O)OC)=C3/C4=C\CSSC(C)C)OC(C)C(NOC3CC(O)C(SC(=O)c4c(C)c(I)c(OC5OC(C)C(O)C(OC)C5O)c(OC)c4OC)C(C)O3)C2O)CC1OC. The molecule has 5 saturated heterocycles. The lowest BCUT2D eigenvalue weighted by atomic mass is 9.75. The van der Waals surface area contributed by atoms with E-state index in [1.54, 1.807) is 102 Å². The molecule has 14 N–H and O–H groups in total. The number of hydrogen-bond donors (Lipinski definition) is 13. The average Bonchev–Trinajstić information content (AvgIpc) is 0.721. The van der Waals surface area contributed by atoms with Crippen molar-refractivity contribution in [1.82, 2.24) is 41.9 Å². The zero-order chi connectivity index (χ0) is 98.8. The van der Waals surface area contributed by atoms with Crippen LogP contribution < -0.4 is 57.3 Å². The Morgan fingerprint density at radius 1 is 0.800 bits per heavy atom. The molecule has 9 rings (SSSR count). The van der Waals surface area contributed by atoms with Gasteiger partial charge in [0.1, 0.15) is 49.8 Å². The third-order valence-electron chi connectivity index (χ3n) is 23.9. The van der Waals surface area contributed by atoms with Crippen molar-refractivity contribution in [3.63, 3.8) is 0 Å². The van der Waals surface area contributed by atoms with Gasteiger partial charge >= 0.3 is 18.2 Å². The Kier molecular flexibility index (Phi) is 42.9. The molecule has 21 atom stereocenters. The van der Waals surface area contributed by atoms with Crippen molar-refractivity contribution in [1.29, 1.82) is 0 Å². The number of amides is 9. The van der Waals surface area contributed by atoms with Gasteiger partial charge in [0.15, 0.2) is 47.5 Å². The maximum atomic E-state index is 14.7. The number of alkyl carbamates (subject to hydrolysis) is 2. The van der Waals surface area contributed by atoms with Crippen LogP contribution in [0, 0.1) is 51.9 Å². The number of piperidine rings is 1. The van der Waals surface area contributed by atoms with Gasteiger partial charge in [-0.2, -0.15) is 5.48 Å². The molecule has 2 aromatic rings. The van der Waals surface area contributed by atoms with E-state index < -0.39 is 193 Å². The van der Waals surface area contributed by atoms with Gasteiger partial charge in [-0.15, -0.1) is 0 Å². The van der Waals surface area contributed by atoms with Crippen LogP contribution in [0.1, 0.15) is 148 Å². The van der Waals surface area contributed by atoms with E-state index in [1.807, 2.05) is 36.4 Å². The molecular formula is C91H127IN10O30S3. The Bertz CT molecular complexity index is 4700. The number of methoxy groups -OCH3 is 5. The zero-order valence-corrected chi connectivity index (χ0v) is 82.9. The summed E-state index contributed by atoms with van der Waals surface area (Å²) < 4.78 is 79.1. The first-order valence-electron chi connectivity index (χ1n) is 44.7. The molecule has 7 aliphatic rings. The van der Waals surface area contributed by atoms with Crippen LogP contribution in [0.25, 0.3) is 0 Å². The molecule has 0 spiro atoms. The molecule has 2 aromatic carbocycles. The Morgan fingerprint density at radius 2 is 1.50 bits per heavy atom. The lowest BCUT2D eigenvalue weighted by Gasteiger charge is -2.47. The first-order valence-corrected chi connectivity index (χ1v) is 49.0. The fraction of sp³-hybridized carbons (Fsp3) is 0.637. The molecule has 44 heteroatoms. The lowest BCUT2D eigenvalue weighted by molar-refractivity contribution is -0.337. The van der Waals surface area contributed by atoms with E-state index in [4.69, 9.17) is 72.2 Å². The number of nitrogens with zero attached hydrogens (tertiary/aromatic N) is 2. The second-order valence-electron chi connectivity index (χ2n) is 33.9. The van der Waals surface area contributed by atoms with Gasteiger partial charge in [0.25, 0.3) is 0 Å². The molecule has 2 bridgehead atoms. The molecule has 5 heterocycles. The number of halogens is 1. The number of carbonyl (C=O) groups excluding carboxylic acids is 11. The van der Waals surface area contributed by atoms with Crippen molar-refractivity contribution in [2.24, 2.45) is 23.5 Å². The second kappa shape index (κ2) is 52.5. The highest BCUT2D eigenvalue weighted by molar-refractivity contribution is 14.1. The molecule has 5 aliphatic heterocycles. The zero-order valence-electron chi connectivity index (χ0n) is 78.3. The number of urea groups is 1. The topological polar surface area (TPSA) is 535 Å². The van der Waals surface area contributed by atoms with E-state index in [1.165, 1.54) is 56.3 Å². The standard InChI is InChI=1S/C91H127IN10O30S3/c1-16-102(65(108)43-96-89(116)125-44-52-27-29-55(30-28-52)97-84(113)54(23-22-35-95-88(93)115)39-58(103)71(46(2)3)98-63(106)25-21-26-64(107)101-36-31-53(32-37-101)83(112)94-10)57-45-124-66(41-62(57)119-11)130-80-75(110)72(49(7)127-87(80)129-61-24-19-17-18-20-34-91(118)42-60(105)73(99-90(117)123-15)69(61)56(91)33-38-133-135-47(4)5)100-132-67-40-59(104)82(51(9)126-67)134-85(114)68-48(6)70(92)78(81(122-14)77(68)120-12)131-86-76(111)79(121-13)74(109)50(8)128-86/h17-18,27-30,33,46-47,49-51,53-54,57,59,61-62,66-67,71-72,74-76,79-80,82,86-87,100,104,109-111,118H,16,21-23,25-26,31-32,35-45H2,1-15H3,(H,94,112)(H,96,116)(H,97,113)(H,98,106)(H,99,117)(H3,93,95,115)/b18-17-,56-33+/t49?,50?,51?,54-,57?,59?,61+,62?,66?,67?,71+,72?,74?,75?,76?,79?,80?,82?,86?,87?,91+/m1/s1. The van der Waals surface area contributed by atoms with Crippen molar-refractivity contribution < 1.29 is 145 Å². The molecule has 0 aromatic heterocycles. The first kappa shape index (κ1) is 110. The number of thioether (sulfide) groups is 1. The van der Waals surface area contributed by atoms with Gasteiger partial charge < -0.3 is 129 Å². The maximum Gasteiger partial charge on any atom is 0.411 e. The minimum atomic E-state index is -2.17. The van der Waals surface area contributed by atoms with Crippen LogP contribution in [0.3, 0.4) is 0 Å². The van der Waals surface area contributed by atoms with Crippen LogP contribution in [0.4, 0.5) is 20.1 Å². The van der Waals surface area contributed by atoms with Gasteiger partial charge in [-0.25, -0.2) is 14.4 Å². The van der Waals surface area contributed by atoms with E-state index >= 15 is 0 Å².